The summed E-state index contributed by atoms with van der Waals surface area (Å²) in [6.07, 6.45) is 2.01. The summed E-state index contributed by atoms with van der Waals surface area (Å²) in [6, 6.07) is 8.51. The van der Waals surface area contributed by atoms with E-state index in [0.29, 0.717) is 0 Å². The molecule has 1 aliphatic rings. The Balaban J connectivity index is 2.70. The van der Waals surface area contributed by atoms with Gasteiger partial charge in [-0.25, -0.2) is 0 Å². The molecule has 0 radical (unpaired) electrons. The second kappa shape index (κ2) is 2.68. The molecule has 14 heavy (non-hydrogen) atoms. The second-order valence-electron chi connectivity index (χ2n) is 3.23. The van der Waals surface area contributed by atoms with Gasteiger partial charge in [0.05, 0.1) is 5.22 Å². The maximum absolute atomic E-state index is 8.98. The van der Waals surface area contributed by atoms with Crippen molar-refractivity contribution in [2.24, 2.45) is 0 Å². The number of rotatable bonds is 0. The van der Waals surface area contributed by atoms with Gasteiger partial charge in [-0.3, -0.25) is 5.32 Å². The van der Waals surface area contributed by atoms with E-state index >= 15 is 0 Å². The first-order valence-electron chi connectivity index (χ1n) is 4.36. The highest BCUT2D eigenvalue weighted by Crippen LogP contribution is 2.15. The molecule has 0 spiro atoms. The summed E-state index contributed by atoms with van der Waals surface area (Å²) in [5.41, 5.74) is 0.785. The van der Waals surface area contributed by atoms with Gasteiger partial charge in [0.25, 0.3) is 0 Å². The van der Waals surface area contributed by atoms with Gasteiger partial charge in [-0.1, -0.05) is 6.07 Å². The van der Waals surface area contributed by atoms with Gasteiger partial charge in [-0.05, 0) is 22.9 Å². The van der Waals surface area contributed by atoms with Gasteiger partial charge >= 0.3 is 0 Å². The Morgan fingerprint density at radius 2 is 2.21 bits per heavy atom. The molecule has 1 aromatic heterocycles. The Bertz CT molecular complexity index is 673. The lowest BCUT2D eigenvalue weighted by Gasteiger charge is -1.87. The summed E-state index contributed by atoms with van der Waals surface area (Å²) in [6.45, 7) is 0. The molecule has 0 unspecified atom stereocenters. The average molecular weight is 199 g/mol. The molecule has 0 saturated heterocycles. The molecule has 0 atom stereocenters. The molecule has 2 nitrogen and oxygen atoms in total. The van der Waals surface area contributed by atoms with Crippen LogP contribution in [0.1, 0.15) is 0 Å². The van der Waals surface area contributed by atoms with E-state index < -0.39 is 0 Å². The first-order valence-corrected chi connectivity index (χ1v) is 5.24. The van der Waals surface area contributed by atoms with Gasteiger partial charge in [0.2, 0.25) is 5.70 Å². The monoisotopic (exact) mass is 199 g/mol. The largest absolute Gasteiger partial charge is 0.278 e. The molecule has 0 saturated carbocycles. The van der Waals surface area contributed by atoms with Crippen molar-refractivity contribution in [3.8, 4) is 6.07 Å². The number of thiophene rings is 1. The number of quaternary nitrogens is 1. The van der Waals surface area contributed by atoms with Crippen molar-refractivity contribution >= 4 is 33.3 Å². The molecule has 3 heteroatoms. The third-order valence-electron chi connectivity index (χ3n) is 2.47. The summed E-state index contributed by atoms with van der Waals surface area (Å²) in [5, 5.41) is 16.4. The van der Waals surface area contributed by atoms with E-state index in [1.165, 1.54) is 10.1 Å². The van der Waals surface area contributed by atoms with Crippen molar-refractivity contribution in [3.63, 3.8) is 0 Å². The quantitative estimate of drug-likeness (QED) is 0.629. The SMILES string of the molecule is N#CC1=c2c(ccc3ccsc23)=C[NH2+]1. The highest BCUT2D eigenvalue weighted by molar-refractivity contribution is 7.17. The van der Waals surface area contributed by atoms with Crippen LogP contribution in [0.3, 0.4) is 0 Å². The zero-order chi connectivity index (χ0) is 9.54. The minimum Gasteiger partial charge on any atom is -0.278 e. The third kappa shape index (κ3) is 0.869. The Hall–Kier alpha value is -1.63. The Morgan fingerprint density at radius 1 is 1.29 bits per heavy atom. The predicted molar refractivity (Wildman–Crippen MR) is 56.5 cm³/mol. The third-order valence-corrected chi connectivity index (χ3v) is 3.42. The molecule has 0 bridgehead atoms. The van der Waals surface area contributed by atoms with E-state index in [1.807, 2.05) is 11.5 Å². The Labute approximate surface area is 84.4 Å². The fourth-order valence-electron chi connectivity index (χ4n) is 1.81. The zero-order valence-corrected chi connectivity index (χ0v) is 8.14. The summed E-state index contributed by atoms with van der Waals surface area (Å²) in [7, 11) is 0. The van der Waals surface area contributed by atoms with E-state index in [0.717, 1.165) is 16.1 Å². The molecule has 1 aliphatic heterocycles. The molecule has 0 fully saturated rings. The second-order valence-corrected chi connectivity index (χ2v) is 4.14. The predicted octanol–water partition coefficient (Wildman–Crippen LogP) is -0.152. The van der Waals surface area contributed by atoms with Crippen LogP contribution < -0.4 is 15.8 Å². The lowest BCUT2D eigenvalue weighted by atomic mass is 10.2. The van der Waals surface area contributed by atoms with Gasteiger partial charge in [0.1, 0.15) is 6.20 Å². The normalized spacial score (nSPS) is 13.8. The van der Waals surface area contributed by atoms with Gasteiger partial charge in [-0.15, -0.1) is 11.3 Å². The van der Waals surface area contributed by atoms with Crippen molar-refractivity contribution in [2.45, 2.75) is 0 Å². The van der Waals surface area contributed by atoms with Crippen molar-refractivity contribution in [1.82, 2.24) is 0 Å². The fraction of sp³-hybridized carbons (Fsp3) is 0. The van der Waals surface area contributed by atoms with Crippen molar-refractivity contribution in [1.29, 1.82) is 5.26 Å². The minimum absolute atomic E-state index is 0.785. The van der Waals surface area contributed by atoms with Gasteiger partial charge in [0, 0.05) is 9.92 Å². The van der Waals surface area contributed by atoms with Gasteiger partial charge in [0.15, 0.2) is 6.07 Å². The van der Waals surface area contributed by atoms with E-state index in [-0.39, 0.29) is 0 Å². The molecule has 2 aromatic rings. The molecular formula is C11H7N2S+. The molecule has 2 heterocycles. The fourth-order valence-corrected chi connectivity index (χ4v) is 2.78. The van der Waals surface area contributed by atoms with Crippen LogP contribution in [0.15, 0.2) is 23.6 Å². The number of benzene rings is 1. The molecule has 0 aliphatic carbocycles. The smallest absolute Gasteiger partial charge is 0.221 e. The summed E-state index contributed by atoms with van der Waals surface area (Å²) < 4.78 is 1.23. The molecule has 2 N–H and O–H groups in total. The molecule has 1 aromatic carbocycles. The summed E-state index contributed by atoms with van der Waals surface area (Å²) >= 11 is 1.70. The van der Waals surface area contributed by atoms with Crippen LogP contribution >= 0.6 is 11.3 Å². The van der Waals surface area contributed by atoms with E-state index in [1.54, 1.807) is 11.3 Å². The van der Waals surface area contributed by atoms with Crippen LogP contribution in [0.4, 0.5) is 0 Å². The van der Waals surface area contributed by atoms with Gasteiger partial charge in [-0.2, -0.15) is 5.26 Å². The van der Waals surface area contributed by atoms with Crippen molar-refractivity contribution in [2.75, 3.05) is 0 Å². The highest BCUT2D eigenvalue weighted by Gasteiger charge is 2.12. The van der Waals surface area contributed by atoms with E-state index in [4.69, 9.17) is 5.26 Å². The summed E-state index contributed by atoms with van der Waals surface area (Å²) in [4.78, 5) is 0. The molecular weight excluding hydrogens is 192 g/mol. The Morgan fingerprint density at radius 3 is 3.07 bits per heavy atom. The molecule has 66 valence electrons. The van der Waals surface area contributed by atoms with E-state index in [9.17, 15) is 0 Å². The lowest BCUT2D eigenvalue weighted by Crippen LogP contribution is -2.73. The van der Waals surface area contributed by atoms with Crippen LogP contribution in [-0.2, 0) is 0 Å². The van der Waals surface area contributed by atoms with Gasteiger partial charge < -0.3 is 0 Å². The molecule has 0 amide bonds. The maximum atomic E-state index is 8.98. The number of fused-ring (bicyclic) bond motifs is 3. The first-order chi connectivity index (χ1) is 6.90. The van der Waals surface area contributed by atoms with Crippen LogP contribution in [-0.4, -0.2) is 0 Å². The zero-order valence-electron chi connectivity index (χ0n) is 7.32. The van der Waals surface area contributed by atoms with Crippen LogP contribution in [0.5, 0.6) is 0 Å². The number of nitriles is 1. The Kier molecular flexibility index (Phi) is 1.48. The van der Waals surface area contributed by atoms with Crippen LogP contribution in [0, 0.1) is 11.3 Å². The highest BCUT2D eigenvalue weighted by atomic mass is 32.1. The van der Waals surface area contributed by atoms with Crippen LogP contribution in [0.25, 0.3) is 22.0 Å². The van der Waals surface area contributed by atoms with Crippen LogP contribution in [0.2, 0.25) is 0 Å². The average Bonchev–Trinajstić information content (AvgIpc) is 2.82. The first kappa shape index (κ1) is 7.74. The number of hydrogen-bond donors (Lipinski definition) is 1. The molecule has 3 rings (SSSR count). The number of hydrogen-bond acceptors (Lipinski definition) is 2. The number of nitrogens with two attached hydrogens (primary N) is 1. The topological polar surface area (TPSA) is 40.4 Å². The minimum atomic E-state index is 0.785. The lowest BCUT2D eigenvalue weighted by molar-refractivity contribution is -0.443. The standard InChI is InChI=1S/C11H6N2S/c12-5-9-10-8(6-13-9)2-1-7-3-4-14-11(7)10/h1-4,6,13H/p+1. The van der Waals surface area contributed by atoms with Crippen molar-refractivity contribution < 1.29 is 5.32 Å². The number of nitrogens with zero attached hydrogens (tertiary/aromatic N) is 1. The van der Waals surface area contributed by atoms with Crippen molar-refractivity contribution in [3.05, 3.63) is 34.0 Å². The maximum Gasteiger partial charge on any atom is 0.221 e. The van der Waals surface area contributed by atoms with E-state index in [2.05, 4.69) is 29.6 Å². The summed E-state index contributed by atoms with van der Waals surface area (Å²) in [5.74, 6) is 0.